The molecule has 34 heavy (non-hydrogen) atoms. The van der Waals surface area contributed by atoms with Crippen molar-refractivity contribution in [1.29, 1.82) is 0 Å². The summed E-state index contributed by atoms with van der Waals surface area (Å²) in [7, 11) is 1.58. The van der Waals surface area contributed by atoms with E-state index in [1.165, 1.54) is 6.07 Å². The Hall–Kier alpha value is -3.43. The van der Waals surface area contributed by atoms with Gasteiger partial charge in [-0.1, -0.05) is 6.07 Å². The lowest BCUT2D eigenvalue weighted by molar-refractivity contribution is -0.152. The van der Waals surface area contributed by atoms with Crippen LogP contribution < -0.4 is 14.4 Å². The van der Waals surface area contributed by atoms with E-state index in [0.29, 0.717) is 50.6 Å². The molecule has 3 rings (SSSR count). The zero-order valence-corrected chi connectivity index (χ0v) is 18.8. The summed E-state index contributed by atoms with van der Waals surface area (Å²) in [6, 6.07) is 12.2. The number of carbonyl (C=O) groups is 2. The molecule has 0 saturated carbocycles. The number of benzene rings is 2. The van der Waals surface area contributed by atoms with E-state index in [2.05, 4.69) is 0 Å². The largest absolute Gasteiger partial charge is 0.497 e. The number of alkyl halides is 3. The van der Waals surface area contributed by atoms with Crippen LogP contribution in [0.25, 0.3) is 0 Å². The molecule has 2 aromatic carbocycles. The number of methoxy groups -OCH3 is 1. The van der Waals surface area contributed by atoms with Crippen molar-refractivity contribution in [2.75, 3.05) is 51.4 Å². The summed E-state index contributed by atoms with van der Waals surface area (Å²) in [5.41, 5.74) is -0.241. The van der Waals surface area contributed by atoms with Gasteiger partial charge in [-0.3, -0.25) is 9.59 Å². The molecular weight excluding hydrogens is 453 g/mol. The Morgan fingerprint density at radius 2 is 1.65 bits per heavy atom. The molecular formula is C24H27F3N2O5. The Morgan fingerprint density at radius 3 is 2.29 bits per heavy atom. The highest BCUT2D eigenvalue weighted by Crippen LogP contribution is 2.31. The van der Waals surface area contributed by atoms with Crippen molar-refractivity contribution in [3.63, 3.8) is 0 Å². The fourth-order valence-electron chi connectivity index (χ4n) is 3.48. The number of rotatable bonds is 9. The van der Waals surface area contributed by atoms with Crippen molar-refractivity contribution in [3.8, 4) is 11.5 Å². The first-order chi connectivity index (χ1) is 16.3. The van der Waals surface area contributed by atoms with Crippen LogP contribution in [-0.2, 0) is 20.5 Å². The van der Waals surface area contributed by atoms with E-state index in [1.54, 1.807) is 47.2 Å². The maximum absolute atomic E-state index is 12.9. The second-order valence-electron chi connectivity index (χ2n) is 7.70. The standard InChI is InChI=1S/C24H27F3N2O5/c1-32-20-7-9-21(10-8-20)33-15-3-6-23(31)34-17-22(30)29-13-11-28(12-14-29)19-5-2-4-18(16-19)24(25,26)27/h2,4-5,7-10,16H,3,6,11-15,17H2,1H3. The molecule has 1 fully saturated rings. The van der Waals surface area contributed by atoms with Crippen LogP contribution in [0.15, 0.2) is 48.5 Å². The molecule has 0 aliphatic carbocycles. The van der Waals surface area contributed by atoms with Gasteiger partial charge in [-0.15, -0.1) is 0 Å². The summed E-state index contributed by atoms with van der Waals surface area (Å²) in [6.45, 7) is 1.42. The highest BCUT2D eigenvalue weighted by atomic mass is 19.4. The normalized spacial score (nSPS) is 14.0. The first-order valence-electron chi connectivity index (χ1n) is 10.9. The Bertz CT molecular complexity index is 958. The maximum Gasteiger partial charge on any atom is 0.416 e. The van der Waals surface area contributed by atoms with Crippen LogP contribution in [0.2, 0.25) is 0 Å². The third kappa shape index (κ3) is 7.29. The molecule has 0 atom stereocenters. The molecule has 2 aromatic rings. The summed E-state index contributed by atoms with van der Waals surface area (Å²) < 4.78 is 54.5. The Labute approximate surface area is 196 Å². The van der Waals surface area contributed by atoms with Gasteiger partial charge in [-0.05, 0) is 48.9 Å². The third-order valence-electron chi connectivity index (χ3n) is 5.38. The lowest BCUT2D eigenvalue weighted by Crippen LogP contribution is -2.50. The summed E-state index contributed by atoms with van der Waals surface area (Å²) >= 11 is 0. The second-order valence-corrected chi connectivity index (χ2v) is 7.70. The molecule has 184 valence electrons. The van der Waals surface area contributed by atoms with Crippen LogP contribution in [0.1, 0.15) is 18.4 Å². The topological polar surface area (TPSA) is 68.3 Å². The summed E-state index contributed by atoms with van der Waals surface area (Å²) in [5.74, 6) is 0.562. The average Bonchev–Trinajstić information content (AvgIpc) is 2.85. The van der Waals surface area contributed by atoms with E-state index in [-0.39, 0.29) is 18.9 Å². The van der Waals surface area contributed by atoms with Crippen molar-refractivity contribution in [2.45, 2.75) is 19.0 Å². The maximum atomic E-state index is 12.9. The molecule has 0 bridgehead atoms. The second kappa shape index (κ2) is 11.6. The van der Waals surface area contributed by atoms with E-state index in [4.69, 9.17) is 14.2 Å². The Morgan fingerprint density at radius 1 is 0.971 bits per heavy atom. The zero-order valence-electron chi connectivity index (χ0n) is 18.8. The lowest BCUT2D eigenvalue weighted by atomic mass is 10.1. The summed E-state index contributed by atoms with van der Waals surface area (Å²) in [4.78, 5) is 27.6. The van der Waals surface area contributed by atoms with Gasteiger partial charge in [0, 0.05) is 38.3 Å². The minimum absolute atomic E-state index is 0.118. The molecule has 0 spiro atoms. The highest BCUT2D eigenvalue weighted by Gasteiger charge is 2.31. The van der Waals surface area contributed by atoms with Crippen molar-refractivity contribution in [2.24, 2.45) is 0 Å². The molecule has 0 unspecified atom stereocenters. The van der Waals surface area contributed by atoms with Crippen molar-refractivity contribution in [3.05, 3.63) is 54.1 Å². The number of amides is 1. The van der Waals surface area contributed by atoms with E-state index in [9.17, 15) is 22.8 Å². The van der Waals surface area contributed by atoms with Crippen LogP contribution in [0.5, 0.6) is 11.5 Å². The van der Waals surface area contributed by atoms with Gasteiger partial charge in [0.05, 0.1) is 19.3 Å². The number of nitrogens with zero attached hydrogens (tertiary/aromatic N) is 2. The van der Waals surface area contributed by atoms with Gasteiger partial charge in [0.2, 0.25) is 0 Å². The van der Waals surface area contributed by atoms with Crippen LogP contribution in [0.4, 0.5) is 18.9 Å². The zero-order chi connectivity index (χ0) is 24.6. The fraction of sp³-hybridized carbons (Fsp3) is 0.417. The predicted molar refractivity (Wildman–Crippen MR) is 119 cm³/mol. The number of ether oxygens (including phenoxy) is 3. The number of piperazine rings is 1. The van der Waals surface area contributed by atoms with Crippen LogP contribution >= 0.6 is 0 Å². The molecule has 0 N–H and O–H groups in total. The molecule has 0 radical (unpaired) electrons. The van der Waals surface area contributed by atoms with E-state index >= 15 is 0 Å². The van der Waals surface area contributed by atoms with Crippen molar-refractivity contribution in [1.82, 2.24) is 4.90 Å². The van der Waals surface area contributed by atoms with Gasteiger partial charge in [0.1, 0.15) is 11.5 Å². The molecule has 10 heteroatoms. The van der Waals surface area contributed by atoms with E-state index < -0.39 is 17.7 Å². The minimum atomic E-state index is -4.40. The quantitative estimate of drug-likeness (QED) is 0.402. The van der Waals surface area contributed by atoms with Gasteiger partial charge in [0.15, 0.2) is 6.61 Å². The molecule has 1 amide bonds. The molecule has 0 aromatic heterocycles. The number of hydrogen-bond acceptors (Lipinski definition) is 6. The smallest absolute Gasteiger partial charge is 0.416 e. The molecule has 1 aliphatic rings. The van der Waals surface area contributed by atoms with E-state index in [1.807, 2.05) is 0 Å². The summed E-state index contributed by atoms with van der Waals surface area (Å²) in [5, 5.41) is 0. The number of halogens is 3. The van der Waals surface area contributed by atoms with Crippen molar-refractivity contribution >= 4 is 17.6 Å². The summed E-state index contributed by atoms with van der Waals surface area (Å²) in [6.07, 6.45) is -3.85. The van der Waals surface area contributed by atoms with Crippen LogP contribution in [-0.4, -0.2) is 63.3 Å². The number of hydrogen-bond donors (Lipinski definition) is 0. The highest BCUT2D eigenvalue weighted by molar-refractivity contribution is 5.81. The van der Waals surface area contributed by atoms with Gasteiger partial charge >= 0.3 is 12.1 Å². The lowest BCUT2D eigenvalue weighted by Gasteiger charge is -2.36. The van der Waals surface area contributed by atoms with Crippen molar-refractivity contribution < 1.29 is 37.0 Å². The number of anilines is 1. The Balaban J connectivity index is 1.33. The monoisotopic (exact) mass is 480 g/mol. The SMILES string of the molecule is COc1ccc(OCCCC(=O)OCC(=O)N2CCN(c3cccc(C(F)(F)F)c3)CC2)cc1. The van der Waals surface area contributed by atoms with E-state index in [0.717, 1.165) is 17.9 Å². The average molecular weight is 480 g/mol. The first kappa shape index (κ1) is 25.2. The molecule has 7 nitrogen and oxygen atoms in total. The minimum Gasteiger partial charge on any atom is -0.497 e. The number of carbonyl (C=O) groups excluding carboxylic acids is 2. The van der Waals surface area contributed by atoms with Crippen LogP contribution in [0, 0.1) is 0 Å². The van der Waals surface area contributed by atoms with Gasteiger partial charge in [0.25, 0.3) is 5.91 Å². The van der Waals surface area contributed by atoms with Crippen LogP contribution in [0.3, 0.4) is 0 Å². The molecule has 1 saturated heterocycles. The number of esters is 1. The van der Waals surface area contributed by atoms with Gasteiger partial charge < -0.3 is 24.0 Å². The Kier molecular flexibility index (Phi) is 8.61. The molecule has 1 aliphatic heterocycles. The van der Waals surface area contributed by atoms with Gasteiger partial charge in [-0.2, -0.15) is 13.2 Å². The van der Waals surface area contributed by atoms with Gasteiger partial charge in [-0.25, -0.2) is 0 Å². The predicted octanol–water partition coefficient (Wildman–Crippen LogP) is 3.77. The molecule has 1 heterocycles. The first-order valence-corrected chi connectivity index (χ1v) is 10.9. The third-order valence-corrected chi connectivity index (χ3v) is 5.38. The fourth-order valence-corrected chi connectivity index (χ4v) is 3.48.